The summed E-state index contributed by atoms with van der Waals surface area (Å²) in [6.45, 7) is 4.57. The van der Waals surface area contributed by atoms with E-state index in [4.69, 9.17) is 0 Å². The van der Waals surface area contributed by atoms with E-state index in [1.807, 2.05) is 25.1 Å². The van der Waals surface area contributed by atoms with Gasteiger partial charge in [-0.25, -0.2) is 8.42 Å². The number of aryl methyl sites for hydroxylation is 2. The molecule has 1 saturated heterocycles. The SMILES string of the molecule is Cc1cccc(C2(C(=O)N3CCN(S(=O)(=O)c4cc([N+](=O)[O-])ccc4C)CC3)CC2)c1. The van der Waals surface area contributed by atoms with Crippen LogP contribution in [0.25, 0.3) is 0 Å². The molecule has 8 nitrogen and oxygen atoms in total. The number of carbonyl (C=O) groups excluding carboxylic acids is 1. The lowest BCUT2D eigenvalue weighted by Gasteiger charge is -2.36. The van der Waals surface area contributed by atoms with Gasteiger partial charge in [-0.1, -0.05) is 35.9 Å². The van der Waals surface area contributed by atoms with Gasteiger partial charge in [-0.2, -0.15) is 4.31 Å². The number of nitro benzene ring substituents is 1. The van der Waals surface area contributed by atoms with Gasteiger partial charge < -0.3 is 4.90 Å². The molecule has 0 unspecified atom stereocenters. The van der Waals surface area contributed by atoms with Crippen LogP contribution in [0.2, 0.25) is 0 Å². The van der Waals surface area contributed by atoms with Gasteiger partial charge in [0.15, 0.2) is 0 Å². The molecule has 0 aromatic heterocycles. The molecule has 164 valence electrons. The van der Waals surface area contributed by atoms with Crippen LogP contribution in [-0.4, -0.2) is 54.6 Å². The van der Waals surface area contributed by atoms with Gasteiger partial charge in [-0.05, 0) is 37.8 Å². The Balaban J connectivity index is 1.49. The number of rotatable bonds is 5. The Labute approximate surface area is 181 Å². The minimum atomic E-state index is -3.88. The molecule has 2 aromatic carbocycles. The van der Waals surface area contributed by atoms with Gasteiger partial charge in [-0.15, -0.1) is 0 Å². The summed E-state index contributed by atoms with van der Waals surface area (Å²) < 4.78 is 27.6. The molecule has 2 aromatic rings. The van der Waals surface area contributed by atoms with Crippen LogP contribution in [0, 0.1) is 24.0 Å². The van der Waals surface area contributed by atoms with Crippen molar-refractivity contribution in [1.82, 2.24) is 9.21 Å². The van der Waals surface area contributed by atoms with Crippen molar-refractivity contribution in [3.8, 4) is 0 Å². The number of nitro groups is 1. The summed E-state index contributed by atoms with van der Waals surface area (Å²) in [7, 11) is -3.88. The summed E-state index contributed by atoms with van der Waals surface area (Å²) >= 11 is 0. The number of benzene rings is 2. The van der Waals surface area contributed by atoms with Crippen molar-refractivity contribution in [2.75, 3.05) is 26.2 Å². The minimum Gasteiger partial charge on any atom is -0.339 e. The van der Waals surface area contributed by atoms with E-state index < -0.39 is 20.4 Å². The van der Waals surface area contributed by atoms with E-state index in [1.54, 1.807) is 11.8 Å². The Kier molecular flexibility index (Phi) is 5.35. The Bertz CT molecular complexity index is 1150. The van der Waals surface area contributed by atoms with Crippen LogP contribution in [0.15, 0.2) is 47.4 Å². The molecule has 0 atom stereocenters. The van der Waals surface area contributed by atoms with E-state index in [0.29, 0.717) is 18.7 Å². The average Bonchev–Trinajstić information content (AvgIpc) is 3.55. The van der Waals surface area contributed by atoms with E-state index in [2.05, 4.69) is 6.07 Å². The highest BCUT2D eigenvalue weighted by Crippen LogP contribution is 2.50. The number of carbonyl (C=O) groups is 1. The highest BCUT2D eigenvalue weighted by molar-refractivity contribution is 7.89. The van der Waals surface area contributed by atoms with Crippen LogP contribution in [0.4, 0.5) is 5.69 Å². The number of nitrogens with zero attached hydrogens (tertiary/aromatic N) is 3. The van der Waals surface area contributed by atoms with Gasteiger partial charge in [-0.3, -0.25) is 14.9 Å². The Hall–Kier alpha value is -2.78. The first-order valence-electron chi connectivity index (χ1n) is 10.3. The van der Waals surface area contributed by atoms with Crippen molar-refractivity contribution in [2.24, 2.45) is 0 Å². The Morgan fingerprint density at radius 1 is 1.03 bits per heavy atom. The van der Waals surface area contributed by atoms with Crippen LogP contribution in [0.5, 0.6) is 0 Å². The maximum absolute atomic E-state index is 13.3. The van der Waals surface area contributed by atoms with E-state index in [0.717, 1.165) is 30.0 Å². The zero-order valence-electron chi connectivity index (χ0n) is 17.6. The summed E-state index contributed by atoms with van der Waals surface area (Å²) in [5, 5.41) is 11.1. The molecule has 2 fully saturated rings. The molecule has 4 rings (SSSR count). The van der Waals surface area contributed by atoms with Gasteiger partial charge in [0.05, 0.1) is 15.2 Å². The topological polar surface area (TPSA) is 101 Å². The summed E-state index contributed by atoms with van der Waals surface area (Å²) in [6, 6.07) is 11.9. The van der Waals surface area contributed by atoms with Gasteiger partial charge in [0.1, 0.15) is 0 Å². The molecule has 1 saturated carbocycles. The first kappa shape index (κ1) is 21.5. The molecule has 2 aliphatic rings. The van der Waals surface area contributed by atoms with Gasteiger partial charge in [0, 0.05) is 38.3 Å². The quantitative estimate of drug-likeness (QED) is 0.522. The zero-order chi connectivity index (χ0) is 22.4. The van der Waals surface area contributed by atoms with Crippen molar-refractivity contribution in [3.63, 3.8) is 0 Å². The predicted octanol–water partition coefficient (Wildman–Crippen LogP) is 2.78. The first-order valence-corrected chi connectivity index (χ1v) is 11.7. The number of amides is 1. The second kappa shape index (κ2) is 7.72. The molecule has 0 radical (unpaired) electrons. The molecule has 0 N–H and O–H groups in total. The molecule has 1 aliphatic carbocycles. The highest BCUT2D eigenvalue weighted by Gasteiger charge is 2.53. The molecule has 0 bridgehead atoms. The zero-order valence-corrected chi connectivity index (χ0v) is 18.4. The Morgan fingerprint density at radius 2 is 1.71 bits per heavy atom. The fourth-order valence-electron chi connectivity index (χ4n) is 4.25. The first-order chi connectivity index (χ1) is 14.6. The fourth-order valence-corrected chi connectivity index (χ4v) is 5.91. The highest BCUT2D eigenvalue weighted by atomic mass is 32.2. The monoisotopic (exact) mass is 443 g/mol. The number of piperazine rings is 1. The summed E-state index contributed by atoms with van der Waals surface area (Å²) in [5.74, 6) is 0.0571. The van der Waals surface area contributed by atoms with Crippen LogP contribution in [-0.2, 0) is 20.2 Å². The molecule has 31 heavy (non-hydrogen) atoms. The minimum absolute atomic E-state index is 0.0556. The summed E-state index contributed by atoms with van der Waals surface area (Å²) in [4.78, 5) is 25.4. The maximum Gasteiger partial charge on any atom is 0.270 e. The number of hydrogen-bond acceptors (Lipinski definition) is 5. The van der Waals surface area contributed by atoms with Crippen molar-refractivity contribution in [2.45, 2.75) is 37.0 Å². The molecule has 1 aliphatic heterocycles. The number of non-ortho nitro benzene ring substituents is 1. The van der Waals surface area contributed by atoms with Crippen LogP contribution < -0.4 is 0 Å². The van der Waals surface area contributed by atoms with E-state index >= 15 is 0 Å². The van der Waals surface area contributed by atoms with Crippen molar-refractivity contribution >= 4 is 21.6 Å². The van der Waals surface area contributed by atoms with Gasteiger partial charge in [0.2, 0.25) is 15.9 Å². The lowest BCUT2D eigenvalue weighted by Crippen LogP contribution is -2.52. The summed E-state index contributed by atoms with van der Waals surface area (Å²) in [5.41, 5.74) is 1.86. The molecule has 1 heterocycles. The maximum atomic E-state index is 13.3. The van der Waals surface area contributed by atoms with E-state index in [-0.39, 0.29) is 29.6 Å². The molecule has 9 heteroatoms. The molecule has 0 spiro atoms. The Morgan fingerprint density at radius 3 is 2.29 bits per heavy atom. The van der Waals surface area contributed by atoms with Crippen molar-refractivity contribution in [3.05, 3.63) is 69.3 Å². The van der Waals surface area contributed by atoms with Crippen molar-refractivity contribution < 1.29 is 18.1 Å². The van der Waals surface area contributed by atoms with E-state index in [9.17, 15) is 23.3 Å². The van der Waals surface area contributed by atoms with Crippen LogP contribution in [0.1, 0.15) is 29.5 Å². The number of sulfonamides is 1. The van der Waals surface area contributed by atoms with Crippen LogP contribution >= 0.6 is 0 Å². The molecular formula is C22H25N3O5S. The lowest BCUT2D eigenvalue weighted by molar-refractivity contribution is -0.385. The van der Waals surface area contributed by atoms with Gasteiger partial charge in [0.25, 0.3) is 5.69 Å². The standard InChI is InChI=1S/C22H25N3O5S/c1-16-4-3-5-18(14-16)22(8-9-22)21(26)23-10-12-24(13-11-23)31(29,30)20-15-19(25(27)28)7-6-17(20)2/h3-7,14-15H,8-13H2,1-2H3. The van der Waals surface area contributed by atoms with Gasteiger partial charge >= 0.3 is 0 Å². The lowest BCUT2D eigenvalue weighted by atomic mass is 9.93. The van der Waals surface area contributed by atoms with Crippen LogP contribution in [0.3, 0.4) is 0 Å². The largest absolute Gasteiger partial charge is 0.339 e. The average molecular weight is 444 g/mol. The third-order valence-electron chi connectivity index (χ3n) is 6.26. The molecule has 1 amide bonds. The predicted molar refractivity (Wildman–Crippen MR) is 115 cm³/mol. The second-order valence-electron chi connectivity index (χ2n) is 8.35. The van der Waals surface area contributed by atoms with E-state index in [1.165, 1.54) is 16.4 Å². The third-order valence-corrected chi connectivity index (χ3v) is 8.30. The van der Waals surface area contributed by atoms with Crippen molar-refractivity contribution in [1.29, 1.82) is 0 Å². The molecular weight excluding hydrogens is 418 g/mol. The fraction of sp³-hybridized carbons (Fsp3) is 0.409. The summed E-state index contributed by atoms with van der Waals surface area (Å²) in [6.07, 6.45) is 1.61. The normalized spacial score (nSPS) is 18.6. The third kappa shape index (κ3) is 3.83. The smallest absolute Gasteiger partial charge is 0.270 e. The number of hydrogen-bond donors (Lipinski definition) is 0. The second-order valence-corrected chi connectivity index (χ2v) is 10.3.